The van der Waals surface area contributed by atoms with E-state index in [0.29, 0.717) is 0 Å². The van der Waals surface area contributed by atoms with E-state index < -0.39 is 0 Å². The van der Waals surface area contributed by atoms with Gasteiger partial charge in [0.15, 0.2) is 0 Å². The largest absolute Gasteiger partial charge is 0.245 e. The first-order valence-electron chi connectivity index (χ1n) is 14.3. The lowest BCUT2D eigenvalue weighted by Gasteiger charge is -2.47. The molecule has 0 fully saturated rings. The second-order valence-electron chi connectivity index (χ2n) is 11.9. The van der Waals surface area contributed by atoms with Crippen molar-refractivity contribution >= 4 is 44.6 Å². The number of fused-ring (bicyclic) bond motifs is 9. The Balaban J connectivity index is 1.48. The van der Waals surface area contributed by atoms with Gasteiger partial charge in [-0.1, -0.05) is 144 Å². The summed E-state index contributed by atoms with van der Waals surface area (Å²) >= 11 is 0. The van der Waals surface area contributed by atoms with Gasteiger partial charge in [-0.15, -0.1) is 0 Å². The average Bonchev–Trinajstić information content (AvgIpc) is 3.31. The zero-order valence-electron chi connectivity index (χ0n) is 21.7. The van der Waals surface area contributed by atoms with E-state index in [2.05, 4.69) is 127 Å². The summed E-state index contributed by atoms with van der Waals surface area (Å²) in [6.07, 6.45) is 0. The van der Waals surface area contributed by atoms with Crippen LogP contribution in [0, 0.1) is 0 Å². The van der Waals surface area contributed by atoms with Gasteiger partial charge in [0.2, 0.25) is 6.71 Å². The molecule has 0 saturated carbocycles. The van der Waals surface area contributed by atoms with Crippen LogP contribution in [0.5, 0.6) is 0 Å². The monoisotopic (exact) mass is 500 g/mol. The van der Waals surface area contributed by atoms with Gasteiger partial charge in [0.1, 0.15) is 0 Å². The minimum Gasteiger partial charge on any atom is -0.0619 e. The quantitative estimate of drug-likeness (QED) is 0.194. The Morgan fingerprint density at radius 1 is 0.325 bits per heavy atom. The average molecular weight is 500 g/mol. The highest BCUT2D eigenvalue weighted by Crippen LogP contribution is 2.58. The lowest BCUT2D eigenvalue weighted by molar-refractivity contribution is 0.777. The van der Waals surface area contributed by atoms with Crippen molar-refractivity contribution in [1.82, 2.24) is 0 Å². The molecule has 0 N–H and O–H groups in total. The minimum absolute atomic E-state index is 0.235. The van der Waals surface area contributed by atoms with Crippen LogP contribution in [0.1, 0.15) is 22.3 Å². The van der Waals surface area contributed by atoms with Gasteiger partial charge in [0.25, 0.3) is 0 Å². The third kappa shape index (κ3) is 1.93. The third-order valence-corrected chi connectivity index (χ3v) is 10.5. The maximum absolute atomic E-state index is 2.47. The van der Waals surface area contributed by atoms with Gasteiger partial charge < -0.3 is 0 Å². The van der Waals surface area contributed by atoms with E-state index in [0.717, 1.165) is 0 Å². The molecule has 11 rings (SSSR count). The van der Waals surface area contributed by atoms with Gasteiger partial charge in [0.05, 0.1) is 5.41 Å². The zero-order valence-corrected chi connectivity index (χ0v) is 21.7. The molecule has 1 spiro atoms. The normalized spacial score (nSPS) is 15.2. The standard InChI is InChI=1S/C39H21B/c1-3-16-30-24(10-1)25-11-2-4-17-31(25)39(30)32-20-18-22-8-5-12-26-28-14-7-15-29-27-13-6-9-23-19-21-33(39)38(35(23)27)40(36(28)29)37(32)34(22)26/h1-21H. The predicted octanol–water partition coefficient (Wildman–Crippen LogP) is 7.15. The fourth-order valence-corrected chi connectivity index (χ4v) is 9.26. The van der Waals surface area contributed by atoms with Crippen LogP contribution >= 0.6 is 0 Å². The minimum atomic E-state index is -0.346. The summed E-state index contributed by atoms with van der Waals surface area (Å²) in [6, 6.07) is 48.9. The molecule has 3 heterocycles. The molecular weight excluding hydrogens is 479 g/mol. The van der Waals surface area contributed by atoms with Crippen molar-refractivity contribution in [1.29, 1.82) is 0 Å². The highest BCUT2D eigenvalue weighted by Gasteiger charge is 2.55. The second kappa shape index (κ2) is 6.46. The van der Waals surface area contributed by atoms with Crippen molar-refractivity contribution < 1.29 is 0 Å². The molecule has 4 aliphatic rings. The van der Waals surface area contributed by atoms with Crippen molar-refractivity contribution in [3.63, 3.8) is 0 Å². The first-order chi connectivity index (χ1) is 19.9. The zero-order chi connectivity index (χ0) is 25.7. The fourth-order valence-electron chi connectivity index (χ4n) is 9.26. The van der Waals surface area contributed by atoms with Crippen LogP contribution in [0.15, 0.2) is 127 Å². The molecule has 180 valence electrons. The molecule has 0 bridgehead atoms. The summed E-state index contributed by atoms with van der Waals surface area (Å²) in [5.74, 6) is 0. The molecule has 1 aliphatic carbocycles. The Labute approximate surface area is 232 Å². The lowest BCUT2D eigenvalue weighted by atomic mass is 9.26. The molecule has 0 atom stereocenters. The highest BCUT2D eigenvalue weighted by molar-refractivity contribution is 7.02. The van der Waals surface area contributed by atoms with E-state index in [-0.39, 0.29) is 12.1 Å². The van der Waals surface area contributed by atoms with Crippen LogP contribution in [0.4, 0.5) is 0 Å². The maximum Gasteiger partial charge on any atom is 0.245 e. The molecule has 7 aromatic carbocycles. The molecule has 3 aliphatic heterocycles. The van der Waals surface area contributed by atoms with Crippen molar-refractivity contribution in [2.24, 2.45) is 0 Å². The molecule has 0 aromatic heterocycles. The van der Waals surface area contributed by atoms with Gasteiger partial charge in [-0.3, -0.25) is 0 Å². The van der Waals surface area contributed by atoms with E-state index >= 15 is 0 Å². The molecule has 0 nitrogen and oxygen atoms in total. The highest BCUT2D eigenvalue weighted by atomic mass is 14.5. The molecule has 40 heavy (non-hydrogen) atoms. The van der Waals surface area contributed by atoms with Crippen LogP contribution in [0.2, 0.25) is 0 Å². The van der Waals surface area contributed by atoms with E-state index in [1.165, 1.54) is 93.6 Å². The smallest absolute Gasteiger partial charge is 0.0619 e. The number of hydrogen-bond donors (Lipinski definition) is 0. The van der Waals surface area contributed by atoms with E-state index in [4.69, 9.17) is 0 Å². The number of hydrogen-bond acceptors (Lipinski definition) is 0. The van der Waals surface area contributed by atoms with Gasteiger partial charge in [-0.05, 0) is 77.2 Å². The summed E-state index contributed by atoms with van der Waals surface area (Å²) in [5, 5.41) is 5.57. The van der Waals surface area contributed by atoms with Crippen LogP contribution in [0.25, 0.3) is 54.9 Å². The Hall–Kier alpha value is -4.88. The Kier molecular flexibility index (Phi) is 3.24. The Bertz CT molecular complexity index is 2180. The van der Waals surface area contributed by atoms with Gasteiger partial charge >= 0.3 is 0 Å². The Morgan fingerprint density at radius 3 is 1.32 bits per heavy atom. The third-order valence-electron chi connectivity index (χ3n) is 10.5. The molecular formula is C39H21B. The summed E-state index contributed by atoms with van der Waals surface area (Å²) in [6.45, 7) is 0.235. The van der Waals surface area contributed by atoms with E-state index in [1.54, 1.807) is 0 Å². The summed E-state index contributed by atoms with van der Waals surface area (Å²) in [7, 11) is 0. The SMILES string of the molecule is c1ccc2c(c1)-c1ccccc1C21c2ccc3cccc4c3c2B2c3c-4cccc3-c3cccc4ccc1c2c34. The molecule has 0 amide bonds. The van der Waals surface area contributed by atoms with Crippen LogP contribution in [0.3, 0.4) is 0 Å². The van der Waals surface area contributed by atoms with Crippen LogP contribution < -0.4 is 16.4 Å². The Morgan fingerprint density at radius 2 is 0.775 bits per heavy atom. The van der Waals surface area contributed by atoms with Gasteiger partial charge in [-0.2, -0.15) is 0 Å². The fraction of sp³-hybridized carbons (Fsp3) is 0.0256. The van der Waals surface area contributed by atoms with E-state index in [9.17, 15) is 0 Å². The van der Waals surface area contributed by atoms with Crippen LogP contribution in [-0.4, -0.2) is 6.71 Å². The molecule has 0 unspecified atom stereocenters. The van der Waals surface area contributed by atoms with Crippen molar-refractivity contribution in [2.45, 2.75) is 5.41 Å². The van der Waals surface area contributed by atoms with Gasteiger partial charge in [0, 0.05) is 0 Å². The first kappa shape index (κ1) is 20.1. The number of benzene rings is 7. The van der Waals surface area contributed by atoms with Crippen molar-refractivity contribution in [2.75, 3.05) is 0 Å². The maximum atomic E-state index is 2.47. The van der Waals surface area contributed by atoms with Crippen molar-refractivity contribution in [3.05, 3.63) is 150 Å². The number of rotatable bonds is 0. The van der Waals surface area contributed by atoms with Gasteiger partial charge in [-0.25, -0.2) is 0 Å². The first-order valence-corrected chi connectivity index (χ1v) is 14.3. The molecule has 1 heteroatoms. The molecule has 0 radical (unpaired) electrons. The summed E-state index contributed by atoms with van der Waals surface area (Å²) in [4.78, 5) is 0. The van der Waals surface area contributed by atoms with Crippen molar-refractivity contribution in [3.8, 4) is 33.4 Å². The molecule has 0 saturated heterocycles. The van der Waals surface area contributed by atoms with Crippen LogP contribution in [-0.2, 0) is 5.41 Å². The predicted molar refractivity (Wildman–Crippen MR) is 168 cm³/mol. The summed E-state index contributed by atoms with van der Waals surface area (Å²) in [5.41, 5.74) is 18.2. The molecule has 7 aromatic rings. The second-order valence-corrected chi connectivity index (χ2v) is 11.9. The van der Waals surface area contributed by atoms with E-state index in [1.807, 2.05) is 0 Å². The topological polar surface area (TPSA) is 0 Å². The summed E-state index contributed by atoms with van der Waals surface area (Å²) < 4.78 is 0. The lowest BCUT2D eigenvalue weighted by Crippen LogP contribution is -2.65.